The Labute approximate surface area is 130 Å². The van der Waals surface area contributed by atoms with Gasteiger partial charge in [-0.25, -0.2) is 4.98 Å². The van der Waals surface area contributed by atoms with Crippen molar-refractivity contribution in [2.24, 2.45) is 5.92 Å². The van der Waals surface area contributed by atoms with Crippen molar-refractivity contribution in [1.29, 1.82) is 0 Å². The van der Waals surface area contributed by atoms with E-state index in [0.29, 0.717) is 12.0 Å². The zero-order valence-electron chi connectivity index (χ0n) is 12.8. The van der Waals surface area contributed by atoms with Gasteiger partial charge in [0.1, 0.15) is 0 Å². The number of fused-ring (bicyclic) bond motifs is 1. The molecule has 3 heterocycles. The summed E-state index contributed by atoms with van der Waals surface area (Å²) in [6.07, 6.45) is 2.59. The van der Waals surface area contributed by atoms with E-state index >= 15 is 0 Å². The molecule has 112 valence electrons. The lowest BCUT2D eigenvalue weighted by atomic mass is 9.83. The smallest absolute Gasteiger partial charge is 0.0815 e. The minimum Gasteiger partial charge on any atom is -0.310 e. The molecule has 1 aromatic carbocycles. The average Bonchev–Trinajstić information content (AvgIpc) is 2.91. The molecule has 2 aliphatic rings. The summed E-state index contributed by atoms with van der Waals surface area (Å²) >= 11 is 1.76. The lowest BCUT2D eigenvalue weighted by Crippen LogP contribution is -2.43. The Balaban J connectivity index is 1.72. The Morgan fingerprint density at radius 3 is 2.81 bits per heavy atom. The Kier molecular flexibility index (Phi) is 3.48. The first-order chi connectivity index (χ1) is 10.2. The minimum absolute atomic E-state index is 0.521. The van der Waals surface area contributed by atoms with Gasteiger partial charge >= 0.3 is 0 Å². The van der Waals surface area contributed by atoms with Gasteiger partial charge in [0.15, 0.2) is 0 Å². The van der Waals surface area contributed by atoms with Crippen LogP contribution in [0.25, 0.3) is 10.2 Å². The molecule has 4 rings (SSSR count). The number of aromatic nitrogens is 1. The second-order valence-corrected chi connectivity index (χ2v) is 7.75. The summed E-state index contributed by atoms with van der Waals surface area (Å²) in [5.41, 5.74) is 6.23. The average molecular weight is 301 g/mol. The molecule has 2 aromatic rings. The molecule has 2 atom stereocenters. The van der Waals surface area contributed by atoms with Crippen molar-refractivity contribution < 1.29 is 0 Å². The molecule has 0 radical (unpaired) electrons. The molecule has 0 bridgehead atoms. The molecule has 2 saturated heterocycles. The van der Waals surface area contributed by atoms with Crippen molar-refractivity contribution in [3.63, 3.8) is 0 Å². The van der Waals surface area contributed by atoms with Crippen LogP contribution >= 0.6 is 11.3 Å². The second kappa shape index (κ2) is 5.34. The van der Waals surface area contributed by atoms with Crippen LogP contribution in [-0.2, 0) is 0 Å². The molecule has 0 spiro atoms. The van der Waals surface area contributed by atoms with E-state index in [9.17, 15) is 0 Å². The maximum absolute atomic E-state index is 4.53. The Morgan fingerprint density at radius 1 is 1.24 bits per heavy atom. The highest BCUT2D eigenvalue weighted by atomic mass is 32.1. The van der Waals surface area contributed by atoms with E-state index in [-0.39, 0.29) is 0 Å². The minimum atomic E-state index is 0.521. The number of nitrogens with zero attached hydrogens (tertiary/aromatic N) is 2. The van der Waals surface area contributed by atoms with Gasteiger partial charge in [0.05, 0.1) is 15.7 Å². The number of hydrogen-bond donors (Lipinski definition) is 1. The third kappa shape index (κ3) is 2.50. The van der Waals surface area contributed by atoms with Crippen LogP contribution in [0.15, 0.2) is 17.6 Å². The fraction of sp³-hybridized carbons (Fsp3) is 0.588. The SMILES string of the molecule is C[C@H]1CC[C@H](c2cc3ncsc3cc2C2CN(C)C2)NC1. The fourth-order valence-corrected chi connectivity index (χ4v) is 4.46. The lowest BCUT2D eigenvalue weighted by molar-refractivity contribution is 0.188. The van der Waals surface area contributed by atoms with E-state index in [0.717, 1.165) is 12.5 Å². The summed E-state index contributed by atoms with van der Waals surface area (Å²) in [5, 5.41) is 3.76. The number of piperidine rings is 1. The second-order valence-electron chi connectivity index (χ2n) is 6.86. The van der Waals surface area contributed by atoms with Crippen LogP contribution in [-0.4, -0.2) is 36.6 Å². The Hall–Kier alpha value is -0.970. The normalized spacial score (nSPS) is 27.9. The molecule has 0 saturated carbocycles. The summed E-state index contributed by atoms with van der Waals surface area (Å²) in [6, 6.07) is 5.29. The molecule has 1 N–H and O–H groups in total. The van der Waals surface area contributed by atoms with Gasteiger partial charge in [-0.3, -0.25) is 0 Å². The summed E-state index contributed by atoms with van der Waals surface area (Å²) in [6.45, 7) is 5.87. The van der Waals surface area contributed by atoms with Gasteiger partial charge in [0, 0.05) is 25.0 Å². The van der Waals surface area contributed by atoms with E-state index < -0.39 is 0 Å². The molecule has 2 aliphatic heterocycles. The zero-order chi connectivity index (χ0) is 14.4. The molecular formula is C17H23N3S. The lowest BCUT2D eigenvalue weighted by Gasteiger charge is -2.39. The van der Waals surface area contributed by atoms with Crippen molar-refractivity contribution in [3.05, 3.63) is 28.8 Å². The van der Waals surface area contributed by atoms with Gasteiger partial charge in [-0.05, 0) is 55.6 Å². The molecule has 21 heavy (non-hydrogen) atoms. The first kappa shape index (κ1) is 13.7. The summed E-state index contributed by atoms with van der Waals surface area (Å²) in [5.74, 6) is 1.51. The van der Waals surface area contributed by atoms with Gasteiger partial charge in [0.2, 0.25) is 0 Å². The third-order valence-electron chi connectivity index (χ3n) is 5.08. The number of thiazole rings is 1. The van der Waals surface area contributed by atoms with Crippen molar-refractivity contribution in [2.75, 3.05) is 26.7 Å². The van der Waals surface area contributed by atoms with Gasteiger partial charge in [-0.1, -0.05) is 6.92 Å². The fourth-order valence-electron chi connectivity index (χ4n) is 3.75. The highest BCUT2D eigenvalue weighted by Gasteiger charge is 2.30. The van der Waals surface area contributed by atoms with Gasteiger partial charge in [0.25, 0.3) is 0 Å². The van der Waals surface area contributed by atoms with E-state index in [1.807, 2.05) is 5.51 Å². The Bertz CT molecular complexity index is 637. The molecule has 4 heteroatoms. The largest absolute Gasteiger partial charge is 0.310 e. The number of benzene rings is 1. The highest BCUT2D eigenvalue weighted by molar-refractivity contribution is 7.16. The maximum Gasteiger partial charge on any atom is 0.0815 e. The van der Waals surface area contributed by atoms with Gasteiger partial charge < -0.3 is 10.2 Å². The predicted molar refractivity (Wildman–Crippen MR) is 89.0 cm³/mol. The van der Waals surface area contributed by atoms with Crippen LogP contribution in [0, 0.1) is 5.92 Å². The van der Waals surface area contributed by atoms with Crippen molar-refractivity contribution in [3.8, 4) is 0 Å². The standard InChI is InChI=1S/C17H23N3S/c1-11-3-4-15(18-7-11)14-5-16-17(21-10-19-16)6-13(14)12-8-20(2)9-12/h5-6,10-12,15,18H,3-4,7-9H2,1-2H3/t11-,15+/m0/s1. The number of likely N-dealkylation sites (tertiary alicyclic amines) is 1. The van der Waals surface area contributed by atoms with Crippen molar-refractivity contribution >= 4 is 21.6 Å². The van der Waals surface area contributed by atoms with Crippen LogP contribution in [0.3, 0.4) is 0 Å². The summed E-state index contributed by atoms with van der Waals surface area (Å²) < 4.78 is 1.34. The predicted octanol–water partition coefficient (Wildman–Crippen LogP) is 3.39. The van der Waals surface area contributed by atoms with Crippen molar-refractivity contribution in [1.82, 2.24) is 15.2 Å². The number of likely N-dealkylation sites (N-methyl/N-ethyl adjacent to an activating group) is 1. The molecule has 0 unspecified atom stereocenters. The number of rotatable bonds is 2. The van der Waals surface area contributed by atoms with Crippen LogP contribution in [0.2, 0.25) is 0 Å². The van der Waals surface area contributed by atoms with E-state index in [1.54, 1.807) is 16.9 Å². The first-order valence-electron chi connectivity index (χ1n) is 7.99. The summed E-state index contributed by atoms with van der Waals surface area (Å²) in [4.78, 5) is 6.93. The molecule has 0 amide bonds. The molecular weight excluding hydrogens is 278 g/mol. The number of nitrogens with one attached hydrogen (secondary N) is 1. The maximum atomic E-state index is 4.53. The van der Waals surface area contributed by atoms with E-state index in [1.165, 1.54) is 41.7 Å². The van der Waals surface area contributed by atoms with E-state index in [2.05, 4.69) is 41.3 Å². The quantitative estimate of drug-likeness (QED) is 0.921. The van der Waals surface area contributed by atoms with Crippen LogP contribution < -0.4 is 5.32 Å². The van der Waals surface area contributed by atoms with Crippen LogP contribution in [0.5, 0.6) is 0 Å². The van der Waals surface area contributed by atoms with E-state index in [4.69, 9.17) is 0 Å². The van der Waals surface area contributed by atoms with Gasteiger partial charge in [-0.15, -0.1) is 11.3 Å². The first-order valence-corrected chi connectivity index (χ1v) is 8.87. The molecule has 1 aromatic heterocycles. The summed E-state index contributed by atoms with van der Waals surface area (Å²) in [7, 11) is 2.21. The van der Waals surface area contributed by atoms with Crippen LogP contribution in [0.1, 0.15) is 42.9 Å². The van der Waals surface area contributed by atoms with Crippen LogP contribution in [0.4, 0.5) is 0 Å². The molecule has 2 fully saturated rings. The molecule has 0 aliphatic carbocycles. The third-order valence-corrected chi connectivity index (χ3v) is 5.87. The highest BCUT2D eigenvalue weighted by Crippen LogP contribution is 2.37. The Morgan fingerprint density at radius 2 is 2.10 bits per heavy atom. The zero-order valence-corrected chi connectivity index (χ0v) is 13.6. The molecule has 3 nitrogen and oxygen atoms in total. The van der Waals surface area contributed by atoms with Gasteiger partial charge in [-0.2, -0.15) is 0 Å². The van der Waals surface area contributed by atoms with Crippen molar-refractivity contribution in [2.45, 2.75) is 31.7 Å². The monoisotopic (exact) mass is 301 g/mol. The number of hydrogen-bond acceptors (Lipinski definition) is 4. The topological polar surface area (TPSA) is 28.2 Å².